The number of phenolic OH excluding ortho intramolecular Hbond substituents is 1. The molecule has 4 amide bonds. The van der Waals surface area contributed by atoms with Crippen molar-refractivity contribution >= 4 is 29.6 Å². The number of hydrogen-bond acceptors (Lipinski definition) is 8. The lowest BCUT2D eigenvalue weighted by atomic mass is 10.00. The molecule has 2 rings (SSSR count). The Kier molecular flexibility index (Phi) is 11.4. The molecular formula is C25H35N7O7. The van der Waals surface area contributed by atoms with Gasteiger partial charge in [-0.2, -0.15) is 0 Å². The van der Waals surface area contributed by atoms with Gasteiger partial charge in [0.05, 0.1) is 12.4 Å². The first kappa shape index (κ1) is 30.8. The third kappa shape index (κ3) is 10.1. The maximum atomic E-state index is 13.3. The zero-order valence-corrected chi connectivity index (χ0v) is 21.7. The summed E-state index contributed by atoms with van der Waals surface area (Å²) in [4.78, 5) is 68.5. The number of primary amides is 1. The van der Waals surface area contributed by atoms with Gasteiger partial charge < -0.3 is 42.6 Å². The zero-order valence-electron chi connectivity index (χ0n) is 21.7. The number of phenols is 1. The molecule has 0 saturated heterocycles. The average molecular weight is 546 g/mol. The van der Waals surface area contributed by atoms with Gasteiger partial charge in [-0.15, -0.1) is 0 Å². The number of nitrogens with zero attached hydrogens (tertiary/aromatic N) is 1. The van der Waals surface area contributed by atoms with E-state index in [1.54, 1.807) is 26.0 Å². The van der Waals surface area contributed by atoms with E-state index in [2.05, 4.69) is 25.9 Å². The Morgan fingerprint density at radius 3 is 2.13 bits per heavy atom. The van der Waals surface area contributed by atoms with Gasteiger partial charge in [-0.3, -0.25) is 19.2 Å². The van der Waals surface area contributed by atoms with E-state index in [1.165, 1.54) is 24.7 Å². The van der Waals surface area contributed by atoms with E-state index in [-0.39, 0.29) is 31.4 Å². The summed E-state index contributed by atoms with van der Waals surface area (Å²) in [7, 11) is 0. The van der Waals surface area contributed by atoms with Crippen molar-refractivity contribution in [2.45, 2.75) is 63.7 Å². The van der Waals surface area contributed by atoms with Gasteiger partial charge in [-0.1, -0.05) is 26.0 Å². The summed E-state index contributed by atoms with van der Waals surface area (Å²) in [6.07, 6.45) is 2.61. The van der Waals surface area contributed by atoms with Crippen LogP contribution in [0.1, 0.15) is 37.9 Å². The normalized spacial score (nSPS) is 14.1. The number of aromatic amines is 1. The third-order valence-electron chi connectivity index (χ3n) is 5.89. The third-order valence-corrected chi connectivity index (χ3v) is 5.89. The first-order valence-electron chi connectivity index (χ1n) is 12.3. The van der Waals surface area contributed by atoms with Crippen molar-refractivity contribution in [2.24, 2.45) is 17.4 Å². The molecule has 0 saturated carbocycles. The predicted octanol–water partition coefficient (Wildman–Crippen LogP) is -1.31. The molecule has 1 heterocycles. The van der Waals surface area contributed by atoms with Crippen molar-refractivity contribution < 1.29 is 34.2 Å². The van der Waals surface area contributed by atoms with E-state index in [0.717, 1.165) is 0 Å². The highest BCUT2D eigenvalue weighted by atomic mass is 16.4. The summed E-state index contributed by atoms with van der Waals surface area (Å²) in [6, 6.07) is 1.24. The highest BCUT2D eigenvalue weighted by Gasteiger charge is 2.32. The molecule has 0 aliphatic carbocycles. The van der Waals surface area contributed by atoms with E-state index in [1.807, 2.05) is 0 Å². The Morgan fingerprint density at radius 1 is 0.949 bits per heavy atom. The fourth-order valence-corrected chi connectivity index (χ4v) is 3.65. The first-order valence-corrected chi connectivity index (χ1v) is 12.3. The van der Waals surface area contributed by atoms with E-state index >= 15 is 0 Å². The molecule has 1 aromatic heterocycles. The van der Waals surface area contributed by atoms with Crippen molar-refractivity contribution in [3.8, 4) is 5.75 Å². The van der Waals surface area contributed by atoms with E-state index in [9.17, 15) is 34.2 Å². The molecule has 0 fully saturated rings. The predicted molar refractivity (Wildman–Crippen MR) is 139 cm³/mol. The number of aromatic hydroxyl groups is 1. The average Bonchev–Trinajstić information content (AvgIpc) is 3.38. The molecule has 0 radical (unpaired) electrons. The van der Waals surface area contributed by atoms with Crippen LogP contribution < -0.4 is 27.4 Å². The molecule has 14 nitrogen and oxygen atoms in total. The van der Waals surface area contributed by atoms with Gasteiger partial charge in [0.2, 0.25) is 23.6 Å². The van der Waals surface area contributed by atoms with Gasteiger partial charge in [-0.25, -0.2) is 9.78 Å². The Hall–Kier alpha value is -4.46. The van der Waals surface area contributed by atoms with E-state index in [0.29, 0.717) is 11.3 Å². The zero-order chi connectivity index (χ0) is 29.1. The first-order chi connectivity index (χ1) is 18.4. The number of rotatable bonds is 15. The molecule has 10 N–H and O–H groups in total. The molecular weight excluding hydrogens is 510 g/mol. The minimum atomic E-state index is -1.29. The van der Waals surface area contributed by atoms with Gasteiger partial charge >= 0.3 is 5.97 Å². The number of nitrogens with one attached hydrogen (secondary N) is 4. The number of carboxylic acids is 1. The highest BCUT2D eigenvalue weighted by Crippen LogP contribution is 2.13. The molecule has 1 aromatic carbocycles. The van der Waals surface area contributed by atoms with Crippen LogP contribution in [0.15, 0.2) is 36.8 Å². The molecule has 0 aliphatic rings. The standard InChI is InChI=1S/C25H35N7O7/c1-13(2)21(24(37)31-19(25(38)39)10-15-11-28-12-29-15)32-23(36)18(9-14-3-5-16(33)6-4-14)30-22(35)17(26)7-8-20(27)34/h3-6,11-13,17-19,21,33H,7-10,26H2,1-2H3,(H2,27,34)(H,28,29)(H,30,35)(H,31,37)(H,32,36)(H,38,39). The molecule has 0 bridgehead atoms. The van der Waals surface area contributed by atoms with Crippen molar-refractivity contribution in [1.82, 2.24) is 25.9 Å². The maximum Gasteiger partial charge on any atom is 0.326 e. The number of aromatic nitrogens is 2. The Labute approximate surface area is 224 Å². The van der Waals surface area contributed by atoms with Crippen LogP contribution in [-0.2, 0) is 36.8 Å². The van der Waals surface area contributed by atoms with Crippen LogP contribution in [0.5, 0.6) is 5.75 Å². The van der Waals surface area contributed by atoms with Gasteiger partial charge in [0.15, 0.2) is 0 Å². The molecule has 2 aromatic rings. The van der Waals surface area contributed by atoms with Crippen LogP contribution in [0.3, 0.4) is 0 Å². The molecule has 14 heteroatoms. The van der Waals surface area contributed by atoms with E-state index < -0.39 is 59.7 Å². The largest absolute Gasteiger partial charge is 0.508 e. The SMILES string of the molecule is CC(C)C(NC(=O)C(Cc1ccc(O)cc1)NC(=O)C(N)CCC(N)=O)C(=O)NC(Cc1cnc[nH]1)C(=O)O. The van der Waals surface area contributed by atoms with Crippen molar-refractivity contribution in [3.05, 3.63) is 48.0 Å². The second-order valence-corrected chi connectivity index (χ2v) is 9.45. The Bertz CT molecular complexity index is 1140. The lowest BCUT2D eigenvalue weighted by Crippen LogP contribution is -2.59. The van der Waals surface area contributed by atoms with Gasteiger partial charge in [0, 0.05) is 31.2 Å². The van der Waals surface area contributed by atoms with Crippen LogP contribution in [0.2, 0.25) is 0 Å². The number of hydrogen-bond donors (Lipinski definition) is 8. The number of carboxylic acid groups (broad SMARTS) is 1. The number of H-pyrrole nitrogens is 1. The summed E-state index contributed by atoms with van der Waals surface area (Å²) in [6.45, 7) is 3.34. The van der Waals surface area contributed by atoms with Crippen molar-refractivity contribution in [2.75, 3.05) is 0 Å². The highest BCUT2D eigenvalue weighted by molar-refractivity contribution is 5.94. The molecule has 0 aliphatic heterocycles. The smallest absolute Gasteiger partial charge is 0.326 e. The molecule has 39 heavy (non-hydrogen) atoms. The van der Waals surface area contributed by atoms with Crippen LogP contribution in [0.25, 0.3) is 0 Å². The molecule has 0 spiro atoms. The molecule has 212 valence electrons. The molecule has 4 atom stereocenters. The summed E-state index contributed by atoms with van der Waals surface area (Å²) in [5.41, 5.74) is 12.1. The number of benzene rings is 1. The van der Waals surface area contributed by atoms with Crippen molar-refractivity contribution in [3.63, 3.8) is 0 Å². The fourth-order valence-electron chi connectivity index (χ4n) is 3.65. The number of nitrogens with two attached hydrogens (primary N) is 2. The Balaban J connectivity index is 2.19. The van der Waals surface area contributed by atoms with Crippen LogP contribution in [0, 0.1) is 5.92 Å². The lowest BCUT2D eigenvalue weighted by molar-refractivity contribution is -0.142. The quantitative estimate of drug-likeness (QED) is 0.132. The summed E-state index contributed by atoms with van der Waals surface area (Å²) in [5, 5.41) is 26.7. The van der Waals surface area contributed by atoms with Crippen LogP contribution >= 0.6 is 0 Å². The topological polar surface area (TPSA) is 243 Å². The van der Waals surface area contributed by atoms with E-state index in [4.69, 9.17) is 11.5 Å². The van der Waals surface area contributed by atoms with Crippen LogP contribution in [-0.4, -0.2) is 73.9 Å². The van der Waals surface area contributed by atoms with Crippen molar-refractivity contribution in [1.29, 1.82) is 0 Å². The van der Waals surface area contributed by atoms with Gasteiger partial charge in [0.25, 0.3) is 0 Å². The second-order valence-electron chi connectivity index (χ2n) is 9.45. The monoisotopic (exact) mass is 545 g/mol. The number of aliphatic carboxylic acids is 1. The Morgan fingerprint density at radius 2 is 1.59 bits per heavy atom. The number of carbonyl (C=O) groups is 5. The van der Waals surface area contributed by atoms with Gasteiger partial charge in [0.1, 0.15) is 23.9 Å². The summed E-state index contributed by atoms with van der Waals surface area (Å²) in [5.74, 6) is -4.48. The molecule has 4 unspecified atom stereocenters. The minimum absolute atomic E-state index is 0.00952. The lowest BCUT2D eigenvalue weighted by Gasteiger charge is -2.27. The van der Waals surface area contributed by atoms with Gasteiger partial charge in [-0.05, 0) is 30.0 Å². The number of amides is 4. The summed E-state index contributed by atoms with van der Waals surface area (Å²) < 4.78 is 0. The second kappa shape index (κ2) is 14.5. The fraction of sp³-hybridized carbons (Fsp3) is 0.440. The van der Waals surface area contributed by atoms with Crippen LogP contribution in [0.4, 0.5) is 0 Å². The maximum absolute atomic E-state index is 13.3. The number of imidazole rings is 1. The summed E-state index contributed by atoms with van der Waals surface area (Å²) >= 11 is 0. The number of carbonyl (C=O) groups excluding carboxylic acids is 4. The minimum Gasteiger partial charge on any atom is -0.508 e.